The van der Waals surface area contributed by atoms with Gasteiger partial charge in [0.05, 0.1) is 34.3 Å². The molecule has 0 radical (unpaired) electrons. The second-order valence-corrected chi connectivity index (χ2v) is 7.55. The van der Waals surface area contributed by atoms with Crippen LogP contribution in [0.5, 0.6) is 0 Å². The van der Waals surface area contributed by atoms with E-state index in [-0.39, 0.29) is 0 Å². The van der Waals surface area contributed by atoms with Crippen molar-refractivity contribution in [1.29, 1.82) is 0 Å². The first-order valence-electron chi connectivity index (χ1n) is 9.86. The van der Waals surface area contributed by atoms with Gasteiger partial charge in [-0.1, -0.05) is 72.8 Å². The van der Waals surface area contributed by atoms with E-state index in [1.807, 2.05) is 71.6 Å². The van der Waals surface area contributed by atoms with Crippen LogP contribution in [0.1, 0.15) is 0 Å². The van der Waals surface area contributed by atoms with E-state index in [9.17, 15) is 0 Å². The van der Waals surface area contributed by atoms with Crippen molar-refractivity contribution in [2.75, 3.05) is 0 Å². The quantitative estimate of drug-likeness (QED) is 0.346. The number of imidazole rings is 2. The van der Waals surface area contributed by atoms with Crippen LogP contribution in [0.3, 0.4) is 0 Å². The Balaban J connectivity index is 0.000000134. The molecule has 0 saturated carbocycles. The Kier molecular flexibility index (Phi) is 5.36. The minimum atomic E-state index is 0.840. The fourth-order valence-corrected chi connectivity index (χ4v) is 3.87. The van der Waals surface area contributed by atoms with Crippen molar-refractivity contribution in [2.24, 2.45) is 0 Å². The number of para-hydroxylation sites is 2. The first-order chi connectivity index (χ1) is 15.4. The Morgan fingerprint density at radius 2 is 1.42 bits per heavy atom. The second kappa shape index (κ2) is 8.77. The van der Waals surface area contributed by atoms with Gasteiger partial charge >= 0.3 is 0 Å². The molecule has 6 rings (SSSR count). The molecule has 0 unspecified atom stereocenters. The maximum Gasteiger partial charge on any atom is 0.158 e. The van der Waals surface area contributed by atoms with Gasteiger partial charge in [0, 0.05) is 16.5 Å². The molecule has 3 aromatic carbocycles. The SMILES string of the molecule is c1ccc(-c2nc[nH]c2-c2ccccc2)cc1.c1ccc2[nH]c(-c3cscn3)nc2c1. The number of nitrogens with zero attached hydrogens (tertiary/aromatic N) is 3. The third-order valence-electron chi connectivity index (χ3n) is 4.81. The highest BCUT2D eigenvalue weighted by Gasteiger charge is 2.09. The lowest BCUT2D eigenvalue weighted by Gasteiger charge is -2.02. The summed E-state index contributed by atoms with van der Waals surface area (Å²) in [6, 6.07) is 28.4. The van der Waals surface area contributed by atoms with Crippen molar-refractivity contribution in [3.05, 3.63) is 102 Å². The molecule has 2 N–H and O–H groups in total. The maximum absolute atomic E-state index is 4.44. The number of aromatic nitrogens is 5. The zero-order chi connectivity index (χ0) is 20.9. The van der Waals surface area contributed by atoms with Crippen molar-refractivity contribution in [3.63, 3.8) is 0 Å². The fourth-order valence-electron chi connectivity index (χ4n) is 3.34. The van der Waals surface area contributed by atoms with Gasteiger partial charge in [-0.25, -0.2) is 15.0 Å². The van der Waals surface area contributed by atoms with Crippen LogP contribution in [-0.4, -0.2) is 24.9 Å². The lowest BCUT2D eigenvalue weighted by atomic mass is 10.1. The molecule has 0 saturated heterocycles. The van der Waals surface area contributed by atoms with E-state index in [0.29, 0.717) is 0 Å². The standard InChI is InChI=1S/C15H12N2.C10H7N3S/c1-3-7-12(8-4-1)14-15(17-11-16-14)13-9-5-2-6-10-13;1-2-4-8-7(3-1)12-10(13-8)9-5-14-6-11-9/h1-11H,(H,16,17);1-6H,(H,12,13). The van der Waals surface area contributed by atoms with Crippen molar-refractivity contribution < 1.29 is 0 Å². The van der Waals surface area contributed by atoms with Gasteiger partial charge in [0.15, 0.2) is 5.82 Å². The van der Waals surface area contributed by atoms with Gasteiger partial charge in [-0.3, -0.25) is 0 Å². The summed E-state index contributed by atoms with van der Waals surface area (Å²) in [7, 11) is 0. The molecule has 150 valence electrons. The van der Waals surface area contributed by atoms with Gasteiger partial charge in [-0.05, 0) is 12.1 Å². The molecule has 0 atom stereocenters. The highest BCUT2D eigenvalue weighted by atomic mass is 32.1. The molecule has 31 heavy (non-hydrogen) atoms. The summed E-state index contributed by atoms with van der Waals surface area (Å²) in [5.41, 5.74) is 9.10. The molecule has 3 aromatic heterocycles. The van der Waals surface area contributed by atoms with Crippen LogP contribution < -0.4 is 0 Å². The number of benzene rings is 3. The number of rotatable bonds is 3. The second-order valence-electron chi connectivity index (χ2n) is 6.83. The van der Waals surface area contributed by atoms with Crippen molar-refractivity contribution >= 4 is 22.4 Å². The Morgan fingerprint density at radius 3 is 2.13 bits per heavy atom. The number of thiazole rings is 1. The summed E-state index contributed by atoms with van der Waals surface area (Å²) in [6.45, 7) is 0. The van der Waals surface area contributed by atoms with Crippen LogP contribution in [-0.2, 0) is 0 Å². The number of fused-ring (bicyclic) bond motifs is 1. The number of hydrogen-bond donors (Lipinski definition) is 2. The zero-order valence-corrected chi connectivity index (χ0v) is 17.4. The topological polar surface area (TPSA) is 70.2 Å². The summed E-state index contributed by atoms with van der Waals surface area (Å²) in [6.07, 6.45) is 1.74. The normalized spacial score (nSPS) is 10.6. The number of H-pyrrole nitrogens is 2. The average Bonchev–Trinajstić information content (AvgIpc) is 3.61. The van der Waals surface area contributed by atoms with E-state index >= 15 is 0 Å². The van der Waals surface area contributed by atoms with Crippen molar-refractivity contribution in [2.45, 2.75) is 0 Å². The Hall–Kier alpha value is -4.03. The minimum Gasteiger partial charge on any atom is -0.344 e. The van der Waals surface area contributed by atoms with Crippen LogP contribution in [0.4, 0.5) is 0 Å². The zero-order valence-electron chi connectivity index (χ0n) is 16.6. The van der Waals surface area contributed by atoms with Crippen LogP contribution in [0.2, 0.25) is 0 Å². The molecule has 5 nitrogen and oxygen atoms in total. The average molecular weight is 422 g/mol. The first kappa shape index (κ1) is 19.0. The highest BCUT2D eigenvalue weighted by molar-refractivity contribution is 7.07. The molecule has 6 heteroatoms. The van der Waals surface area contributed by atoms with Gasteiger partial charge in [0.2, 0.25) is 0 Å². The van der Waals surface area contributed by atoms with Crippen molar-refractivity contribution in [3.8, 4) is 34.0 Å². The van der Waals surface area contributed by atoms with Crippen LogP contribution in [0, 0.1) is 0 Å². The van der Waals surface area contributed by atoms with E-state index < -0.39 is 0 Å². The van der Waals surface area contributed by atoms with E-state index in [0.717, 1.165) is 45.1 Å². The van der Waals surface area contributed by atoms with Gasteiger partial charge in [-0.2, -0.15) is 0 Å². The monoisotopic (exact) mass is 421 g/mol. The third kappa shape index (κ3) is 4.15. The third-order valence-corrected chi connectivity index (χ3v) is 5.40. The molecule has 0 amide bonds. The van der Waals surface area contributed by atoms with Crippen LogP contribution in [0.15, 0.2) is 102 Å². The van der Waals surface area contributed by atoms with E-state index in [4.69, 9.17) is 0 Å². The van der Waals surface area contributed by atoms with Gasteiger partial charge in [-0.15, -0.1) is 11.3 Å². The van der Waals surface area contributed by atoms with Gasteiger partial charge < -0.3 is 9.97 Å². The molecule has 0 spiro atoms. The summed E-state index contributed by atoms with van der Waals surface area (Å²) >= 11 is 1.57. The molecular formula is C25H19N5S. The van der Waals surface area contributed by atoms with Crippen LogP contribution >= 0.6 is 11.3 Å². The Labute approximate surface area is 183 Å². The van der Waals surface area contributed by atoms with Crippen molar-refractivity contribution in [1.82, 2.24) is 24.9 Å². The van der Waals surface area contributed by atoms with Crippen LogP contribution in [0.25, 0.3) is 45.1 Å². The predicted molar refractivity (Wildman–Crippen MR) is 127 cm³/mol. The summed E-state index contributed by atoms with van der Waals surface area (Å²) in [5, 5.41) is 1.98. The van der Waals surface area contributed by atoms with E-state index in [2.05, 4.69) is 49.2 Å². The molecule has 0 aliphatic rings. The van der Waals surface area contributed by atoms with E-state index in [1.54, 1.807) is 17.7 Å². The molecule has 0 fully saturated rings. The van der Waals surface area contributed by atoms with Gasteiger partial charge in [0.25, 0.3) is 0 Å². The van der Waals surface area contributed by atoms with E-state index in [1.165, 1.54) is 0 Å². The first-order valence-corrected chi connectivity index (χ1v) is 10.8. The lowest BCUT2D eigenvalue weighted by Crippen LogP contribution is -1.82. The molecular weight excluding hydrogens is 402 g/mol. The number of aromatic amines is 2. The Morgan fingerprint density at radius 1 is 0.710 bits per heavy atom. The largest absolute Gasteiger partial charge is 0.344 e. The molecule has 0 bridgehead atoms. The molecule has 0 aliphatic carbocycles. The molecule has 3 heterocycles. The summed E-state index contributed by atoms with van der Waals surface area (Å²) < 4.78 is 0. The minimum absolute atomic E-state index is 0.840. The molecule has 6 aromatic rings. The molecule has 0 aliphatic heterocycles. The smallest absolute Gasteiger partial charge is 0.158 e. The summed E-state index contributed by atoms with van der Waals surface area (Å²) in [5.74, 6) is 0.840. The predicted octanol–water partition coefficient (Wildman–Crippen LogP) is 6.43. The number of hydrogen-bond acceptors (Lipinski definition) is 4. The maximum atomic E-state index is 4.44. The van der Waals surface area contributed by atoms with Gasteiger partial charge in [0.1, 0.15) is 5.69 Å². The number of nitrogens with one attached hydrogen (secondary N) is 2. The fraction of sp³-hybridized carbons (Fsp3) is 0. The summed E-state index contributed by atoms with van der Waals surface area (Å²) in [4.78, 5) is 19.5. The Bertz CT molecular complexity index is 1280. The lowest BCUT2D eigenvalue weighted by molar-refractivity contribution is 1.27. The highest BCUT2D eigenvalue weighted by Crippen LogP contribution is 2.28.